The van der Waals surface area contributed by atoms with Crippen LogP contribution in [0.2, 0.25) is 5.02 Å². The molecule has 0 amide bonds. The van der Waals surface area contributed by atoms with Gasteiger partial charge >= 0.3 is 0 Å². The van der Waals surface area contributed by atoms with Gasteiger partial charge in [-0.2, -0.15) is 10.1 Å². The van der Waals surface area contributed by atoms with Gasteiger partial charge in [0.2, 0.25) is 5.95 Å². The SMILES string of the molecule is Cc1cc(Nc2nc(NC3CC4CCC(C3)N4)nc3cc(Cl)ccc23)n[nH]1. The molecule has 3 aromatic rings. The van der Waals surface area contributed by atoms with E-state index in [2.05, 4.69) is 26.1 Å². The largest absolute Gasteiger partial charge is 0.351 e. The number of nitrogens with one attached hydrogen (secondary N) is 4. The lowest BCUT2D eigenvalue weighted by atomic mass is 10.0. The van der Waals surface area contributed by atoms with Crippen molar-refractivity contribution < 1.29 is 0 Å². The Balaban J connectivity index is 1.48. The van der Waals surface area contributed by atoms with Gasteiger partial charge in [0.1, 0.15) is 5.82 Å². The van der Waals surface area contributed by atoms with Gasteiger partial charge in [0.15, 0.2) is 5.82 Å². The molecule has 0 saturated carbocycles. The molecular formula is C19H22ClN7. The van der Waals surface area contributed by atoms with Crippen molar-refractivity contribution in [2.75, 3.05) is 10.6 Å². The van der Waals surface area contributed by atoms with Crippen LogP contribution in [0.15, 0.2) is 24.3 Å². The lowest BCUT2D eigenvalue weighted by molar-refractivity contribution is 0.377. The highest BCUT2D eigenvalue weighted by atomic mass is 35.5. The molecule has 1 aromatic carbocycles. The number of hydrogen-bond donors (Lipinski definition) is 4. The third kappa shape index (κ3) is 3.44. The maximum absolute atomic E-state index is 6.20. The van der Waals surface area contributed by atoms with Crippen LogP contribution in [0.5, 0.6) is 0 Å². The minimum Gasteiger partial charge on any atom is -0.351 e. The van der Waals surface area contributed by atoms with Gasteiger partial charge in [-0.25, -0.2) is 4.98 Å². The van der Waals surface area contributed by atoms with Crippen molar-refractivity contribution >= 4 is 40.1 Å². The van der Waals surface area contributed by atoms with Gasteiger partial charge in [-0.3, -0.25) is 5.10 Å². The minimum absolute atomic E-state index is 0.390. The van der Waals surface area contributed by atoms with Crippen molar-refractivity contribution in [2.24, 2.45) is 0 Å². The normalized spacial score (nSPS) is 24.3. The molecular weight excluding hydrogens is 362 g/mol. The Morgan fingerprint density at radius 3 is 2.67 bits per heavy atom. The number of benzene rings is 1. The average molecular weight is 384 g/mol. The molecule has 0 aliphatic carbocycles. The van der Waals surface area contributed by atoms with E-state index in [1.54, 1.807) is 0 Å². The van der Waals surface area contributed by atoms with Gasteiger partial charge in [-0.05, 0) is 50.8 Å². The Morgan fingerprint density at radius 2 is 1.93 bits per heavy atom. The van der Waals surface area contributed by atoms with Crippen molar-refractivity contribution in [3.63, 3.8) is 0 Å². The van der Waals surface area contributed by atoms with Crippen molar-refractivity contribution in [1.29, 1.82) is 0 Å². The van der Waals surface area contributed by atoms with Crippen LogP contribution >= 0.6 is 11.6 Å². The van der Waals surface area contributed by atoms with E-state index in [0.29, 0.717) is 29.1 Å². The highest BCUT2D eigenvalue weighted by Crippen LogP contribution is 2.30. The Morgan fingerprint density at radius 1 is 1.11 bits per heavy atom. The molecule has 7 nitrogen and oxygen atoms in total. The molecule has 5 rings (SSSR count). The van der Waals surface area contributed by atoms with Crippen LogP contribution in [-0.2, 0) is 0 Å². The number of aromatic nitrogens is 4. The lowest BCUT2D eigenvalue weighted by Crippen LogP contribution is -2.43. The number of rotatable bonds is 4. The van der Waals surface area contributed by atoms with E-state index in [0.717, 1.165) is 41.1 Å². The third-order valence-electron chi connectivity index (χ3n) is 5.42. The van der Waals surface area contributed by atoms with Crippen LogP contribution in [0, 0.1) is 6.92 Å². The van der Waals surface area contributed by atoms with Crippen molar-refractivity contribution in [3.05, 3.63) is 35.0 Å². The fourth-order valence-electron chi connectivity index (χ4n) is 4.22. The summed E-state index contributed by atoms with van der Waals surface area (Å²) in [6.45, 7) is 1.97. The smallest absolute Gasteiger partial charge is 0.225 e. The van der Waals surface area contributed by atoms with E-state index >= 15 is 0 Å². The molecule has 8 heteroatoms. The first-order valence-corrected chi connectivity index (χ1v) is 9.79. The second-order valence-corrected chi connectivity index (χ2v) is 8.01. The molecule has 2 unspecified atom stereocenters. The number of halogens is 1. The summed E-state index contributed by atoms with van der Waals surface area (Å²) < 4.78 is 0. The molecule has 4 N–H and O–H groups in total. The minimum atomic E-state index is 0.390. The first kappa shape index (κ1) is 16.8. The molecule has 0 radical (unpaired) electrons. The van der Waals surface area contributed by atoms with Crippen LogP contribution in [0.1, 0.15) is 31.4 Å². The summed E-state index contributed by atoms with van der Waals surface area (Å²) in [6.07, 6.45) is 4.74. The van der Waals surface area contributed by atoms with Crippen LogP contribution in [0.4, 0.5) is 17.6 Å². The molecule has 2 atom stereocenters. The zero-order chi connectivity index (χ0) is 18.4. The van der Waals surface area contributed by atoms with Gasteiger partial charge < -0.3 is 16.0 Å². The number of fused-ring (bicyclic) bond motifs is 3. The molecule has 2 bridgehead atoms. The maximum Gasteiger partial charge on any atom is 0.225 e. The number of aryl methyl sites for hydroxylation is 1. The summed E-state index contributed by atoms with van der Waals surface area (Å²) >= 11 is 6.20. The van der Waals surface area contributed by atoms with Crippen LogP contribution < -0.4 is 16.0 Å². The van der Waals surface area contributed by atoms with Gasteiger partial charge in [-0.15, -0.1) is 0 Å². The number of piperidine rings is 1. The summed E-state index contributed by atoms with van der Waals surface area (Å²) in [6, 6.07) is 9.22. The molecule has 4 heterocycles. The molecule has 2 fully saturated rings. The molecule has 140 valence electrons. The number of aromatic amines is 1. The predicted octanol–water partition coefficient (Wildman–Crippen LogP) is 3.75. The number of nitrogens with zero attached hydrogens (tertiary/aromatic N) is 3. The second kappa shape index (κ2) is 6.65. The quantitative estimate of drug-likeness (QED) is 0.548. The van der Waals surface area contributed by atoms with E-state index in [9.17, 15) is 0 Å². The number of hydrogen-bond acceptors (Lipinski definition) is 6. The topological polar surface area (TPSA) is 90.6 Å². The first-order valence-electron chi connectivity index (χ1n) is 9.41. The zero-order valence-corrected chi connectivity index (χ0v) is 15.8. The summed E-state index contributed by atoms with van der Waals surface area (Å²) in [5.74, 6) is 2.08. The molecule has 27 heavy (non-hydrogen) atoms. The standard InChI is InChI=1S/C19H22ClN7/c1-10-6-17(27-26-10)24-18-15-5-2-11(20)7-16(15)23-19(25-18)22-14-8-12-3-4-13(9-14)21-12/h2,5-7,12-14,21H,3-4,8-9H2,1H3,(H3,22,23,24,25,26,27). The lowest BCUT2D eigenvalue weighted by Gasteiger charge is -2.29. The fourth-order valence-corrected chi connectivity index (χ4v) is 4.39. The average Bonchev–Trinajstić information content (AvgIpc) is 3.19. The Hall–Kier alpha value is -2.38. The summed E-state index contributed by atoms with van der Waals surface area (Å²) in [7, 11) is 0. The molecule has 2 aliphatic heterocycles. The van der Waals surface area contributed by atoms with Gasteiger partial charge in [0.25, 0.3) is 0 Å². The highest BCUT2D eigenvalue weighted by molar-refractivity contribution is 6.31. The van der Waals surface area contributed by atoms with Crippen molar-refractivity contribution in [2.45, 2.75) is 50.7 Å². The van der Waals surface area contributed by atoms with E-state index in [1.807, 2.05) is 31.2 Å². The monoisotopic (exact) mass is 383 g/mol. The third-order valence-corrected chi connectivity index (χ3v) is 5.65. The highest BCUT2D eigenvalue weighted by Gasteiger charge is 2.33. The Kier molecular flexibility index (Phi) is 4.13. The van der Waals surface area contributed by atoms with Gasteiger partial charge in [0.05, 0.1) is 5.52 Å². The predicted molar refractivity (Wildman–Crippen MR) is 108 cm³/mol. The van der Waals surface area contributed by atoms with Crippen LogP contribution in [-0.4, -0.2) is 38.3 Å². The van der Waals surface area contributed by atoms with E-state index in [1.165, 1.54) is 12.8 Å². The molecule has 2 saturated heterocycles. The summed E-state index contributed by atoms with van der Waals surface area (Å²) in [5, 5.41) is 19.3. The summed E-state index contributed by atoms with van der Waals surface area (Å²) in [4.78, 5) is 9.46. The molecule has 2 aliphatic rings. The Labute approximate surface area is 162 Å². The maximum atomic E-state index is 6.20. The molecule has 2 aromatic heterocycles. The van der Waals surface area contributed by atoms with E-state index in [-0.39, 0.29) is 0 Å². The first-order chi connectivity index (χ1) is 13.1. The zero-order valence-electron chi connectivity index (χ0n) is 15.1. The van der Waals surface area contributed by atoms with Crippen LogP contribution in [0.3, 0.4) is 0 Å². The second-order valence-electron chi connectivity index (χ2n) is 7.57. The van der Waals surface area contributed by atoms with E-state index in [4.69, 9.17) is 21.6 Å². The van der Waals surface area contributed by atoms with Crippen molar-refractivity contribution in [1.82, 2.24) is 25.5 Å². The Bertz CT molecular complexity index is 973. The van der Waals surface area contributed by atoms with Crippen molar-refractivity contribution in [3.8, 4) is 0 Å². The number of H-pyrrole nitrogens is 1. The number of anilines is 3. The fraction of sp³-hybridized carbons (Fsp3) is 0.421. The summed E-state index contributed by atoms with van der Waals surface area (Å²) in [5.41, 5.74) is 1.80. The van der Waals surface area contributed by atoms with Crippen LogP contribution in [0.25, 0.3) is 10.9 Å². The van der Waals surface area contributed by atoms with Gasteiger partial charge in [-0.1, -0.05) is 11.6 Å². The molecule has 0 spiro atoms. The van der Waals surface area contributed by atoms with E-state index < -0.39 is 0 Å². The van der Waals surface area contributed by atoms with Gasteiger partial charge in [0, 0.05) is 40.3 Å².